The highest BCUT2D eigenvalue weighted by atomic mass is 16.5. The van der Waals surface area contributed by atoms with Crippen molar-refractivity contribution in [1.82, 2.24) is 15.5 Å². The number of carbonyl (C=O) groups excluding carboxylic acids is 1. The third-order valence-corrected chi connectivity index (χ3v) is 5.00. The van der Waals surface area contributed by atoms with E-state index in [0.717, 1.165) is 37.9 Å². The van der Waals surface area contributed by atoms with Gasteiger partial charge in [0.1, 0.15) is 0 Å². The van der Waals surface area contributed by atoms with Gasteiger partial charge < -0.3 is 14.9 Å². The van der Waals surface area contributed by atoms with Gasteiger partial charge in [-0.2, -0.15) is 4.98 Å². The Balaban J connectivity index is 1.40. The fourth-order valence-electron chi connectivity index (χ4n) is 3.21. The number of rotatable bonds is 7. The van der Waals surface area contributed by atoms with Crippen molar-refractivity contribution in [2.45, 2.75) is 70.3 Å². The molecule has 6 nitrogen and oxygen atoms in total. The molecular weight excluding hydrogens is 282 g/mol. The monoisotopic (exact) mass is 307 g/mol. The molecule has 2 aliphatic carbocycles. The maximum atomic E-state index is 12.1. The summed E-state index contributed by atoms with van der Waals surface area (Å²) in [5.74, 6) is 2.01. The minimum Gasteiger partial charge on any atom is -0.396 e. The number of hydrogen-bond donors (Lipinski definition) is 2. The number of aliphatic hydroxyl groups excluding tert-OH is 1. The maximum absolute atomic E-state index is 12.1. The van der Waals surface area contributed by atoms with Gasteiger partial charge in [-0.15, -0.1) is 0 Å². The number of nitrogens with zero attached hydrogens (tertiary/aromatic N) is 2. The number of amides is 1. The van der Waals surface area contributed by atoms with Crippen LogP contribution in [-0.2, 0) is 11.2 Å². The summed E-state index contributed by atoms with van der Waals surface area (Å²) in [7, 11) is 0. The van der Waals surface area contributed by atoms with Gasteiger partial charge in [-0.3, -0.25) is 4.79 Å². The molecule has 3 rings (SSSR count). The van der Waals surface area contributed by atoms with Gasteiger partial charge in [0.25, 0.3) is 0 Å². The van der Waals surface area contributed by atoms with E-state index < -0.39 is 0 Å². The summed E-state index contributed by atoms with van der Waals surface area (Å²) in [6.45, 7) is 2.17. The molecule has 1 amide bonds. The predicted octanol–water partition coefficient (Wildman–Crippen LogP) is 1.94. The van der Waals surface area contributed by atoms with Crippen LogP contribution in [0.4, 0.5) is 0 Å². The number of aliphatic hydroxyl groups is 1. The second-order valence-corrected chi connectivity index (χ2v) is 7.00. The van der Waals surface area contributed by atoms with Gasteiger partial charge in [-0.05, 0) is 32.1 Å². The third kappa shape index (κ3) is 3.48. The van der Waals surface area contributed by atoms with Gasteiger partial charge in [-0.25, -0.2) is 0 Å². The van der Waals surface area contributed by atoms with Crippen molar-refractivity contribution in [2.75, 3.05) is 6.61 Å². The first kappa shape index (κ1) is 15.5. The number of hydrogen-bond acceptors (Lipinski definition) is 5. The minimum absolute atomic E-state index is 0.0495. The highest BCUT2D eigenvalue weighted by Gasteiger charge is 2.38. The lowest BCUT2D eigenvalue weighted by Gasteiger charge is -2.30. The Labute approximate surface area is 130 Å². The Morgan fingerprint density at radius 1 is 1.45 bits per heavy atom. The molecule has 1 heterocycles. The molecular formula is C16H25N3O3. The first-order chi connectivity index (χ1) is 10.6. The summed E-state index contributed by atoms with van der Waals surface area (Å²) in [6.07, 6.45) is 7.12. The van der Waals surface area contributed by atoms with Crippen LogP contribution in [0.1, 0.15) is 69.5 Å². The molecule has 0 saturated heterocycles. The van der Waals surface area contributed by atoms with E-state index in [4.69, 9.17) is 4.52 Å². The summed E-state index contributed by atoms with van der Waals surface area (Å²) in [5.41, 5.74) is -0.165. The zero-order chi connectivity index (χ0) is 15.6. The Morgan fingerprint density at radius 2 is 2.27 bits per heavy atom. The van der Waals surface area contributed by atoms with Gasteiger partial charge in [-0.1, -0.05) is 18.5 Å². The average Bonchev–Trinajstić information content (AvgIpc) is 3.15. The van der Waals surface area contributed by atoms with E-state index in [2.05, 4.69) is 15.5 Å². The van der Waals surface area contributed by atoms with Gasteiger partial charge in [0.2, 0.25) is 11.8 Å². The van der Waals surface area contributed by atoms with Crippen LogP contribution in [0, 0.1) is 5.41 Å². The van der Waals surface area contributed by atoms with Crippen molar-refractivity contribution >= 4 is 5.91 Å². The zero-order valence-corrected chi connectivity index (χ0v) is 13.2. The first-order valence-electron chi connectivity index (χ1n) is 8.33. The van der Waals surface area contributed by atoms with Crippen molar-refractivity contribution < 1.29 is 14.4 Å². The lowest BCUT2D eigenvalue weighted by molar-refractivity contribution is -0.122. The first-order valence-corrected chi connectivity index (χ1v) is 8.33. The standard InChI is InChI=1S/C16H25N3O3/c1-16(10-20)9-3-4-12(16)17-13(21)5-2-6-14-18-15(19-22-14)11-7-8-11/h11-12,20H,2-10H2,1H3,(H,17,21). The van der Waals surface area contributed by atoms with E-state index in [-0.39, 0.29) is 24.0 Å². The topological polar surface area (TPSA) is 88.2 Å². The van der Waals surface area contributed by atoms with Crippen molar-refractivity contribution in [3.8, 4) is 0 Å². The van der Waals surface area contributed by atoms with Gasteiger partial charge in [0, 0.05) is 30.2 Å². The molecule has 0 aromatic carbocycles. The van der Waals surface area contributed by atoms with Crippen LogP contribution in [0.2, 0.25) is 0 Å². The van der Waals surface area contributed by atoms with Gasteiger partial charge >= 0.3 is 0 Å². The summed E-state index contributed by atoms with van der Waals surface area (Å²) >= 11 is 0. The van der Waals surface area contributed by atoms with Crippen molar-refractivity contribution in [2.24, 2.45) is 5.41 Å². The molecule has 1 aromatic rings. The quantitative estimate of drug-likeness (QED) is 0.803. The fraction of sp³-hybridized carbons (Fsp3) is 0.812. The van der Waals surface area contributed by atoms with Crippen LogP contribution in [0.25, 0.3) is 0 Å². The van der Waals surface area contributed by atoms with Crippen LogP contribution < -0.4 is 5.32 Å². The Morgan fingerprint density at radius 3 is 3.00 bits per heavy atom. The third-order valence-electron chi connectivity index (χ3n) is 5.00. The van der Waals surface area contributed by atoms with E-state index >= 15 is 0 Å². The van der Waals surface area contributed by atoms with Gasteiger partial charge in [0.05, 0.1) is 6.61 Å². The van der Waals surface area contributed by atoms with E-state index in [9.17, 15) is 9.90 Å². The lowest BCUT2D eigenvalue weighted by atomic mass is 9.85. The molecule has 2 N–H and O–H groups in total. The largest absolute Gasteiger partial charge is 0.396 e. The number of aromatic nitrogens is 2. The van der Waals surface area contributed by atoms with Crippen molar-refractivity contribution in [1.29, 1.82) is 0 Å². The fourth-order valence-corrected chi connectivity index (χ4v) is 3.21. The molecule has 0 aliphatic heterocycles. The molecule has 0 bridgehead atoms. The highest BCUT2D eigenvalue weighted by molar-refractivity contribution is 5.76. The molecule has 2 saturated carbocycles. The number of nitrogens with one attached hydrogen (secondary N) is 1. The summed E-state index contributed by atoms with van der Waals surface area (Å²) < 4.78 is 5.21. The predicted molar refractivity (Wildman–Crippen MR) is 80.2 cm³/mol. The summed E-state index contributed by atoms with van der Waals surface area (Å²) in [5, 5.41) is 16.6. The lowest BCUT2D eigenvalue weighted by Crippen LogP contribution is -2.44. The maximum Gasteiger partial charge on any atom is 0.226 e. The molecule has 2 atom stereocenters. The molecule has 2 aliphatic rings. The normalized spacial score (nSPS) is 28.0. The molecule has 2 unspecified atom stereocenters. The van der Waals surface area contributed by atoms with E-state index in [1.807, 2.05) is 6.92 Å². The molecule has 6 heteroatoms. The molecule has 122 valence electrons. The summed E-state index contributed by atoms with van der Waals surface area (Å²) in [6, 6.07) is 0.0925. The van der Waals surface area contributed by atoms with E-state index in [1.165, 1.54) is 0 Å². The molecule has 1 aromatic heterocycles. The zero-order valence-electron chi connectivity index (χ0n) is 13.2. The van der Waals surface area contributed by atoms with Crippen LogP contribution >= 0.6 is 0 Å². The van der Waals surface area contributed by atoms with Crippen molar-refractivity contribution in [3.05, 3.63) is 11.7 Å². The molecule has 0 spiro atoms. The molecule has 2 fully saturated rings. The SMILES string of the molecule is CC1(CO)CCCC1NC(=O)CCCc1nc(C2CC2)no1. The molecule has 22 heavy (non-hydrogen) atoms. The Hall–Kier alpha value is -1.43. The van der Waals surface area contributed by atoms with E-state index in [0.29, 0.717) is 31.1 Å². The van der Waals surface area contributed by atoms with E-state index in [1.54, 1.807) is 0 Å². The van der Waals surface area contributed by atoms with Crippen LogP contribution in [-0.4, -0.2) is 33.8 Å². The second-order valence-electron chi connectivity index (χ2n) is 7.00. The highest BCUT2D eigenvalue weighted by Crippen LogP contribution is 2.38. The Kier molecular flexibility index (Phi) is 4.47. The van der Waals surface area contributed by atoms with Crippen LogP contribution in [0.15, 0.2) is 4.52 Å². The number of carbonyl (C=O) groups is 1. The smallest absolute Gasteiger partial charge is 0.226 e. The number of aryl methyl sites for hydroxylation is 1. The van der Waals surface area contributed by atoms with Crippen LogP contribution in [0.5, 0.6) is 0 Å². The minimum atomic E-state index is -0.165. The van der Waals surface area contributed by atoms with Gasteiger partial charge in [0.15, 0.2) is 5.82 Å². The van der Waals surface area contributed by atoms with Crippen LogP contribution in [0.3, 0.4) is 0 Å². The Bertz CT molecular complexity index is 526. The average molecular weight is 307 g/mol. The molecule has 0 radical (unpaired) electrons. The summed E-state index contributed by atoms with van der Waals surface area (Å²) in [4.78, 5) is 16.4. The second kappa shape index (κ2) is 6.36. The van der Waals surface area contributed by atoms with Crippen molar-refractivity contribution in [3.63, 3.8) is 0 Å².